The Labute approximate surface area is 142 Å². The number of hydrogen-bond acceptors (Lipinski definition) is 4. The van der Waals surface area contributed by atoms with E-state index in [4.69, 9.17) is 4.42 Å². The van der Waals surface area contributed by atoms with Crippen LogP contribution in [0.15, 0.2) is 45.9 Å². The van der Waals surface area contributed by atoms with Gasteiger partial charge >= 0.3 is 0 Å². The number of anilines is 1. The summed E-state index contributed by atoms with van der Waals surface area (Å²) in [4.78, 5) is 12.3. The Bertz CT molecular complexity index is 832. The van der Waals surface area contributed by atoms with Gasteiger partial charge in [-0.3, -0.25) is 4.79 Å². The summed E-state index contributed by atoms with van der Waals surface area (Å²) >= 11 is 0. The van der Waals surface area contributed by atoms with Crippen molar-refractivity contribution in [1.29, 1.82) is 0 Å². The van der Waals surface area contributed by atoms with Crippen LogP contribution in [0.4, 0.5) is 5.69 Å². The van der Waals surface area contributed by atoms with Gasteiger partial charge in [-0.1, -0.05) is 25.1 Å². The molecule has 0 aliphatic rings. The minimum atomic E-state index is -3.81. The molecule has 2 rings (SSSR count). The first kappa shape index (κ1) is 18.2. The number of amides is 1. The van der Waals surface area contributed by atoms with Crippen molar-refractivity contribution >= 4 is 21.6 Å². The van der Waals surface area contributed by atoms with Crippen LogP contribution in [0.25, 0.3) is 0 Å². The quantitative estimate of drug-likeness (QED) is 0.867. The van der Waals surface area contributed by atoms with Crippen molar-refractivity contribution in [3.05, 3.63) is 47.7 Å². The standard InChI is InChI=1S/C17H22N2O4S/c1-5-12-8-6-7-9-13(12)18-16(20)14-10-11-15(23-14)24(21,22)19-17(2,3)4/h6-11,19H,5H2,1-4H3,(H,18,20). The minimum absolute atomic E-state index is 0.0600. The fraction of sp³-hybridized carbons (Fsp3) is 0.353. The third kappa shape index (κ3) is 4.46. The first-order chi connectivity index (χ1) is 11.1. The normalized spacial score (nSPS) is 12.2. The smallest absolute Gasteiger partial charge is 0.291 e. The lowest BCUT2D eigenvalue weighted by atomic mass is 10.1. The van der Waals surface area contributed by atoms with Crippen LogP contribution in [0.3, 0.4) is 0 Å². The van der Waals surface area contributed by atoms with Crippen molar-refractivity contribution in [2.75, 3.05) is 5.32 Å². The maximum Gasteiger partial charge on any atom is 0.291 e. The van der Waals surface area contributed by atoms with Gasteiger partial charge in [-0.05, 0) is 51.0 Å². The number of carbonyl (C=O) groups is 1. The fourth-order valence-electron chi connectivity index (χ4n) is 2.17. The second-order valence-electron chi connectivity index (χ2n) is 6.44. The van der Waals surface area contributed by atoms with Crippen LogP contribution in [0.2, 0.25) is 0 Å². The molecule has 1 aromatic heterocycles. The highest BCUT2D eigenvalue weighted by atomic mass is 32.2. The molecule has 130 valence electrons. The lowest BCUT2D eigenvalue weighted by molar-refractivity contribution is 0.0991. The maximum atomic E-state index is 12.3. The Hall–Kier alpha value is -2.12. The number of rotatable bonds is 5. The molecular formula is C17H22N2O4S. The summed E-state index contributed by atoms with van der Waals surface area (Å²) < 4.78 is 32.1. The van der Waals surface area contributed by atoms with Crippen molar-refractivity contribution < 1.29 is 17.6 Å². The van der Waals surface area contributed by atoms with Gasteiger partial charge in [0, 0.05) is 11.2 Å². The van der Waals surface area contributed by atoms with Gasteiger partial charge in [0.15, 0.2) is 5.76 Å². The molecule has 0 saturated heterocycles. The third-order valence-electron chi connectivity index (χ3n) is 3.16. The molecular weight excluding hydrogens is 328 g/mol. The van der Waals surface area contributed by atoms with E-state index < -0.39 is 21.5 Å². The lowest BCUT2D eigenvalue weighted by Gasteiger charge is -2.18. The molecule has 24 heavy (non-hydrogen) atoms. The number of nitrogens with one attached hydrogen (secondary N) is 2. The van der Waals surface area contributed by atoms with E-state index in [9.17, 15) is 13.2 Å². The van der Waals surface area contributed by atoms with E-state index in [0.717, 1.165) is 12.0 Å². The van der Waals surface area contributed by atoms with Gasteiger partial charge in [-0.2, -0.15) is 0 Å². The Kier molecular flexibility index (Phi) is 5.15. The van der Waals surface area contributed by atoms with Gasteiger partial charge < -0.3 is 9.73 Å². The predicted molar refractivity (Wildman–Crippen MR) is 92.6 cm³/mol. The minimum Gasteiger partial charge on any atom is -0.438 e. The van der Waals surface area contributed by atoms with E-state index in [2.05, 4.69) is 10.0 Å². The second kappa shape index (κ2) is 6.78. The van der Waals surface area contributed by atoms with Crippen LogP contribution >= 0.6 is 0 Å². The molecule has 7 heteroatoms. The summed E-state index contributed by atoms with van der Waals surface area (Å²) in [5, 5.41) is 2.46. The van der Waals surface area contributed by atoms with Gasteiger partial charge in [0.25, 0.3) is 15.9 Å². The Morgan fingerprint density at radius 1 is 1.12 bits per heavy atom. The molecule has 1 aromatic carbocycles. The van der Waals surface area contributed by atoms with Crippen LogP contribution < -0.4 is 10.0 Å². The average molecular weight is 350 g/mol. The summed E-state index contributed by atoms with van der Waals surface area (Å²) in [5.41, 5.74) is 1.02. The molecule has 0 radical (unpaired) electrons. The Morgan fingerprint density at radius 2 is 1.79 bits per heavy atom. The topological polar surface area (TPSA) is 88.4 Å². The second-order valence-corrected chi connectivity index (χ2v) is 8.05. The highest BCUT2D eigenvalue weighted by molar-refractivity contribution is 7.89. The van der Waals surface area contributed by atoms with Crippen LogP contribution in [0.1, 0.15) is 43.8 Å². The van der Waals surface area contributed by atoms with Crippen LogP contribution in [0.5, 0.6) is 0 Å². The number of para-hydroxylation sites is 1. The van der Waals surface area contributed by atoms with Crippen LogP contribution in [0, 0.1) is 0 Å². The Balaban J connectivity index is 2.20. The summed E-state index contributed by atoms with van der Waals surface area (Å²) in [5.74, 6) is -0.553. The van der Waals surface area contributed by atoms with Crippen molar-refractivity contribution in [2.45, 2.75) is 44.7 Å². The zero-order valence-electron chi connectivity index (χ0n) is 14.2. The summed E-state index contributed by atoms with van der Waals surface area (Å²) in [6.45, 7) is 7.16. The van der Waals surface area contributed by atoms with Crippen molar-refractivity contribution in [1.82, 2.24) is 4.72 Å². The van der Waals surface area contributed by atoms with E-state index in [1.165, 1.54) is 12.1 Å². The van der Waals surface area contributed by atoms with E-state index >= 15 is 0 Å². The van der Waals surface area contributed by atoms with E-state index in [1.54, 1.807) is 26.8 Å². The molecule has 0 saturated carbocycles. The number of aryl methyl sites for hydroxylation is 1. The lowest BCUT2D eigenvalue weighted by Crippen LogP contribution is -2.40. The molecule has 6 nitrogen and oxygen atoms in total. The van der Waals surface area contributed by atoms with E-state index in [1.807, 2.05) is 25.1 Å². The number of furan rings is 1. The molecule has 1 amide bonds. The van der Waals surface area contributed by atoms with E-state index in [-0.39, 0.29) is 10.9 Å². The molecule has 0 aliphatic carbocycles. The molecule has 0 spiro atoms. The predicted octanol–water partition coefficient (Wildman–Crippen LogP) is 3.17. The third-order valence-corrected chi connectivity index (χ3v) is 4.79. The van der Waals surface area contributed by atoms with Gasteiger partial charge in [-0.25, -0.2) is 13.1 Å². The van der Waals surface area contributed by atoms with E-state index in [0.29, 0.717) is 5.69 Å². The van der Waals surface area contributed by atoms with Gasteiger partial charge in [0.05, 0.1) is 0 Å². The van der Waals surface area contributed by atoms with Crippen molar-refractivity contribution in [3.8, 4) is 0 Å². The zero-order chi connectivity index (χ0) is 18.0. The average Bonchev–Trinajstić information content (AvgIpc) is 2.96. The summed E-state index contributed by atoms with van der Waals surface area (Å²) in [6, 6.07) is 10.0. The summed E-state index contributed by atoms with van der Waals surface area (Å²) in [7, 11) is -3.81. The molecule has 0 aliphatic heterocycles. The Morgan fingerprint density at radius 3 is 2.42 bits per heavy atom. The van der Waals surface area contributed by atoms with Gasteiger partial charge in [0.1, 0.15) is 0 Å². The van der Waals surface area contributed by atoms with Crippen molar-refractivity contribution in [3.63, 3.8) is 0 Å². The molecule has 2 N–H and O–H groups in total. The maximum absolute atomic E-state index is 12.3. The molecule has 0 atom stereocenters. The molecule has 2 aromatic rings. The number of hydrogen-bond donors (Lipinski definition) is 2. The SMILES string of the molecule is CCc1ccccc1NC(=O)c1ccc(S(=O)(=O)NC(C)(C)C)o1. The first-order valence-electron chi connectivity index (χ1n) is 7.65. The van der Waals surface area contributed by atoms with Crippen LogP contribution in [-0.2, 0) is 16.4 Å². The molecule has 0 fully saturated rings. The van der Waals surface area contributed by atoms with Gasteiger partial charge in [0.2, 0.25) is 5.09 Å². The highest BCUT2D eigenvalue weighted by Gasteiger charge is 2.26. The number of sulfonamides is 1. The molecule has 0 unspecified atom stereocenters. The number of benzene rings is 1. The highest BCUT2D eigenvalue weighted by Crippen LogP contribution is 2.20. The fourth-order valence-corrected chi connectivity index (χ4v) is 3.53. The molecule has 0 bridgehead atoms. The van der Waals surface area contributed by atoms with Crippen molar-refractivity contribution in [2.24, 2.45) is 0 Å². The van der Waals surface area contributed by atoms with Gasteiger partial charge in [-0.15, -0.1) is 0 Å². The first-order valence-corrected chi connectivity index (χ1v) is 9.14. The number of carbonyl (C=O) groups excluding carboxylic acids is 1. The monoisotopic (exact) mass is 350 g/mol. The summed E-state index contributed by atoms with van der Waals surface area (Å²) in [6.07, 6.45) is 0.768. The largest absolute Gasteiger partial charge is 0.438 e. The zero-order valence-corrected chi connectivity index (χ0v) is 15.0. The van der Waals surface area contributed by atoms with Crippen LogP contribution in [-0.4, -0.2) is 19.9 Å². The molecule has 1 heterocycles.